The molecule has 0 spiro atoms. The van der Waals surface area contributed by atoms with Gasteiger partial charge in [-0.15, -0.1) is 0 Å². The van der Waals surface area contributed by atoms with Crippen molar-refractivity contribution in [3.05, 3.63) is 23.5 Å². The molecule has 84 valence electrons. The summed E-state index contributed by atoms with van der Waals surface area (Å²) in [4.78, 5) is 4.19. The zero-order valence-corrected chi connectivity index (χ0v) is 10.1. The van der Waals surface area contributed by atoms with Gasteiger partial charge in [0, 0.05) is 5.69 Å². The molecular weight excluding hydrogens is 212 g/mol. The Balaban J connectivity index is 2.90. The van der Waals surface area contributed by atoms with Crippen molar-refractivity contribution in [3.63, 3.8) is 0 Å². The van der Waals surface area contributed by atoms with Crippen LogP contribution in [0.4, 0.5) is 5.69 Å². The molecule has 0 radical (unpaired) electrons. The second-order valence-electron chi connectivity index (χ2n) is 3.51. The Morgan fingerprint density at radius 1 is 1.33 bits per heavy atom. The Labute approximate surface area is 90.8 Å². The van der Waals surface area contributed by atoms with E-state index in [0.29, 0.717) is 17.8 Å². The molecule has 5 heteroatoms. The lowest BCUT2D eigenvalue weighted by Crippen LogP contribution is -2.17. The minimum absolute atomic E-state index is 0.139. The fourth-order valence-corrected chi connectivity index (χ4v) is 2.47. The maximum Gasteiger partial charge on any atom is 0.232 e. The molecule has 1 aromatic heterocycles. The molecule has 0 saturated carbocycles. The van der Waals surface area contributed by atoms with Gasteiger partial charge >= 0.3 is 0 Å². The van der Waals surface area contributed by atoms with Crippen LogP contribution in [0.15, 0.2) is 12.1 Å². The van der Waals surface area contributed by atoms with E-state index >= 15 is 0 Å². The molecule has 0 saturated heterocycles. The van der Waals surface area contributed by atoms with Crippen molar-refractivity contribution in [1.82, 2.24) is 4.98 Å². The highest BCUT2D eigenvalue weighted by atomic mass is 32.2. The first kappa shape index (κ1) is 12.0. The number of sulfonamides is 1. The number of nitrogens with one attached hydrogen (secondary N) is 1. The van der Waals surface area contributed by atoms with Gasteiger partial charge in [-0.3, -0.25) is 9.71 Å². The predicted octanol–water partition coefficient (Wildman–Crippen LogP) is 1.85. The molecule has 0 fully saturated rings. The number of aryl methyl sites for hydroxylation is 2. The SMILES string of the molecule is CCCS(=O)(=O)Nc1ccc(C)nc1C. The second kappa shape index (κ2) is 4.61. The van der Waals surface area contributed by atoms with Gasteiger partial charge in [-0.2, -0.15) is 0 Å². The van der Waals surface area contributed by atoms with Crippen molar-refractivity contribution in [2.45, 2.75) is 27.2 Å². The molecule has 0 unspecified atom stereocenters. The van der Waals surface area contributed by atoms with Gasteiger partial charge in [0.25, 0.3) is 0 Å². The average Bonchev–Trinajstić information content (AvgIpc) is 2.09. The van der Waals surface area contributed by atoms with Gasteiger partial charge in [0.1, 0.15) is 0 Å². The number of rotatable bonds is 4. The zero-order chi connectivity index (χ0) is 11.5. The third kappa shape index (κ3) is 3.51. The van der Waals surface area contributed by atoms with Crippen molar-refractivity contribution < 1.29 is 8.42 Å². The number of anilines is 1. The van der Waals surface area contributed by atoms with E-state index in [1.165, 1.54) is 0 Å². The van der Waals surface area contributed by atoms with Crippen LogP contribution in [0.1, 0.15) is 24.7 Å². The molecule has 0 aromatic carbocycles. The van der Waals surface area contributed by atoms with E-state index in [1.54, 1.807) is 19.1 Å². The number of hydrogen-bond acceptors (Lipinski definition) is 3. The van der Waals surface area contributed by atoms with Gasteiger partial charge in [-0.05, 0) is 32.4 Å². The molecular formula is C10H16N2O2S. The van der Waals surface area contributed by atoms with Gasteiger partial charge in [0.05, 0.1) is 17.1 Å². The smallest absolute Gasteiger partial charge is 0.232 e. The maximum atomic E-state index is 11.5. The van der Waals surface area contributed by atoms with Gasteiger partial charge in [-0.25, -0.2) is 8.42 Å². The predicted molar refractivity (Wildman–Crippen MR) is 61.4 cm³/mol. The number of pyridine rings is 1. The molecule has 0 atom stereocenters. The van der Waals surface area contributed by atoms with Gasteiger partial charge in [-0.1, -0.05) is 6.92 Å². The Morgan fingerprint density at radius 3 is 2.53 bits per heavy atom. The first-order valence-corrected chi connectivity index (χ1v) is 6.54. The van der Waals surface area contributed by atoms with Crippen LogP contribution in [0.25, 0.3) is 0 Å². The molecule has 0 bridgehead atoms. The van der Waals surface area contributed by atoms with Crippen LogP contribution in [0, 0.1) is 13.8 Å². The van der Waals surface area contributed by atoms with Gasteiger partial charge in [0.2, 0.25) is 10.0 Å². The summed E-state index contributed by atoms with van der Waals surface area (Å²) in [5.74, 6) is 0.139. The van der Waals surface area contributed by atoms with Crippen molar-refractivity contribution in [1.29, 1.82) is 0 Å². The average molecular weight is 228 g/mol. The van der Waals surface area contributed by atoms with Crippen LogP contribution in [0.5, 0.6) is 0 Å². The minimum atomic E-state index is -3.21. The summed E-state index contributed by atoms with van der Waals surface area (Å²) in [6, 6.07) is 3.53. The summed E-state index contributed by atoms with van der Waals surface area (Å²) >= 11 is 0. The Morgan fingerprint density at radius 2 is 2.00 bits per heavy atom. The quantitative estimate of drug-likeness (QED) is 0.855. The van der Waals surface area contributed by atoms with E-state index in [-0.39, 0.29) is 5.75 Å². The topological polar surface area (TPSA) is 59.1 Å². The third-order valence-electron chi connectivity index (χ3n) is 1.96. The summed E-state index contributed by atoms with van der Waals surface area (Å²) in [6.45, 7) is 5.49. The van der Waals surface area contributed by atoms with E-state index in [9.17, 15) is 8.42 Å². The Hall–Kier alpha value is -1.10. The lowest BCUT2D eigenvalue weighted by Gasteiger charge is -2.09. The highest BCUT2D eigenvalue weighted by Gasteiger charge is 2.10. The molecule has 1 rings (SSSR count). The Bertz CT molecular complexity index is 441. The Kier molecular flexibility index (Phi) is 3.68. The molecule has 0 amide bonds. The summed E-state index contributed by atoms with van der Waals surface area (Å²) < 4.78 is 25.5. The molecule has 4 nitrogen and oxygen atoms in total. The molecule has 0 aliphatic heterocycles. The first-order chi connectivity index (χ1) is 6.94. The molecule has 0 aliphatic carbocycles. The number of hydrogen-bond donors (Lipinski definition) is 1. The van der Waals surface area contributed by atoms with Crippen LogP contribution >= 0.6 is 0 Å². The van der Waals surface area contributed by atoms with E-state index in [4.69, 9.17) is 0 Å². The summed E-state index contributed by atoms with van der Waals surface area (Å²) in [6.07, 6.45) is 0.605. The molecule has 1 aromatic rings. The van der Waals surface area contributed by atoms with E-state index in [1.807, 2.05) is 13.8 Å². The first-order valence-electron chi connectivity index (χ1n) is 4.89. The molecule has 1 heterocycles. The van der Waals surface area contributed by atoms with Crippen LogP contribution in [-0.2, 0) is 10.0 Å². The highest BCUT2D eigenvalue weighted by molar-refractivity contribution is 7.92. The maximum absolute atomic E-state index is 11.5. The van der Waals surface area contributed by atoms with E-state index in [0.717, 1.165) is 5.69 Å². The fourth-order valence-electron chi connectivity index (χ4n) is 1.28. The highest BCUT2D eigenvalue weighted by Crippen LogP contribution is 2.14. The lowest BCUT2D eigenvalue weighted by atomic mass is 10.3. The van der Waals surface area contributed by atoms with E-state index in [2.05, 4.69) is 9.71 Å². The fraction of sp³-hybridized carbons (Fsp3) is 0.500. The van der Waals surface area contributed by atoms with Gasteiger partial charge < -0.3 is 0 Å². The van der Waals surface area contributed by atoms with Crippen molar-refractivity contribution in [2.75, 3.05) is 10.5 Å². The number of nitrogens with zero attached hydrogens (tertiary/aromatic N) is 1. The lowest BCUT2D eigenvalue weighted by molar-refractivity contribution is 0.600. The molecule has 15 heavy (non-hydrogen) atoms. The summed E-state index contributed by atoms with van der Waals surface area (Å²) in [5, 5.41) is 0. The van der Waals surface area contributed by atoms with E-state index < -0.39 is 10.0 Å². The van der Waals surface area contributed by atoms with Crippen molar-refractivity contribution in [3.8, 4) is 0 Å². The van der Waals surface area contributed by atoms with Crippen LogP contribution in [0.2, 0.25) is 0 Å². The number of aromatic nitrogens is 1. The molecule has 1 N–H and O–H groups in total. The minimum Gasteiger partial charge on any atom is -0.282 e. The summed E-state index contributed by atoms with van der Waals surface area (Å²) in [5.41, 5.74) is 2.15. The van der Waals surface area contributed by atoms with Crippen LogP contribution < -0.4 is 4.72 Å². The largest absolute Gasteiger partial charge is 0.282 e. The standard InChI is InChI=1S/C10H16N2O2S/c1-4-7-15(13,14)12-10-6-5-8(2)11-9(10)3/h5-6,12H,4,7H2,1-3H3. The second-order valence-corrected chi connectivity index (χ2v) is 5.35. The van der Waals surface area contributed by atoms with Crippen LogP contribution in [-0.4, -0.2) is 19.2 Å². The summed E-state index contributed by atoms with van der Waals surface area (Å²) in [7, 11) is -3.21. The third-order valence-corrected chi connectivity index (χ3v) is 3.44. The normalized spacial score (nSPS) is 11.4. The molecule has 0 aliphatic rings. The van der Waals surface area contributed by atoms with Gasteiger partial charge in [0.15, 0.2) is 0 Å². The zero-order valence-electron chi connectivity index (χ0n) is 9.24. The van der Waals surface area contributed by atoms with Crippen molar-refractivity contribution in [2.24, 2.45) is 0 Å². The van der Waals surface area contributed by atoms with Crippen LogP contribution in [0.3, 0.4) is 0 Å². The van der Waals surface area contributed by atoms with Crippen molar-refractivity contribution >= 4 is 15.7 Å². The monoisotopic (exact) mass is 228 g/mol.